The topological polar surface area (TPSA) is 280 Å². The number of carbonyl (C=O) groups excluding carboxylic acids is 2. The lowest BCUT2D eigenvalue weighted by Gasteiger charge is -2.16. The van der Waals surface area contributed by atoms with Gasteiger partial charge in [-0.15, -0.1) is 0 Å². The van der Waals surface area contributed by atoms with E-state index in [1.54, 1.807) is 12.1 Å². The Kier molecular flexibility index (Phi) is 9.82. The lowest BCUT2D eigenvalue weighted by molar-refractivity contribution is -0.143. The quantitative estimate of drug-likeness (QED) is 0.119. The molecule has 2 aromatic heterocycles. The van der Waals surface area contributed by atoms with Gasteiger partial charge in [0, 0.05) is 24.1 Å². The Morgan fingerprint density at radius 2 is 1.54 bits per heavy atom. The minimum Gasteiger partial charge on any atom is -0.481 e. The molecule has 0 spiro atoms. The van der Waals surface area contributed by atoms with Gasteiger partial charge in [0.25, 0.3) is 11.5 Å². The minimum absolute atomic E-state index is 0.0240. The molecule has 0 aliphatic heterocycles. The van der Waals surface area contributed by atoms with E-state index in [2.05, 4.69) is 35.9 Å². The predicted molar refractivity (Wildman–Crippen MR) is 141 cm³/mol. The fourth-order valence-electron chi connectivity index (χ4n) is 3.55. The molecule has 0 saturated heterocycles. The predicted octanol–water partition coefficient (Wildman–Crippen LogP) is -0.695. The molecule has 1 aromatic carbocycles. The summed E-state index contributed by atoms with van der Waals surface area (Å²) in [5.74, 6) is -5.67. The van der Waals surface area contributed by atoms with Crippen molar-refractivity contribution in [3.63, 3.8) is 0 Å². The molecule has 0 fully saturated rings. The first-order valence-electron chi connectivity index (χ1n) is 12.1. The van der Waals surface area contributed by atoms with E-state index in [9.17, 15) is 33.9 Å². The number of nitrogen functional groups attached to an aromatic ring is 1. The molecule has 3 aromatic rings. The molecule has 0 aliphatic rings. The van der Waals surface area contributed by atoms with Crippen molar-refractivity contribution >= 4 is 52.5 Å². The molecule has 2 unspecified atom stereocenters. The molecule has 41 heavy (non-hydrogen) atoms. The molecule has 2 heterocycles. The maximum absolute atomic E-state index is 12.6. The number of hydrogen-bond donors (Lipinski definition) is 8. The molecule has 0 radical (unpaired) electrons. The van der Waals surface area contributed by atoms with Gasteiger partial charge in [-0.2, -0.15) is 4.98 Å². The van der Waals surface area contributed by atoms with Crippen molar-refractivity contribution in [2.75, 3.05) is 11.1 Å². The number of nitrogens with zero attached hydrogens (tertiary/aromatic N) is 3. The van der Waals surface area contributed by atoms with Gasteiger partial charge in [0.1, 0.15) is 12.1 Å². The summed E-state index contributed by atoms with van der Waals surface area (Å²) in [5, 5.41) is 34.8. The van der Waals surface area contributed by atoms with Crippen LogP contribution in [0.3, 0.4) is 0 Å². The molecule has 0 saturated carbocycles. The summed E-state index contributed by atoms with van der Waals surface area (Å²) in [6, 6.07) is 3.10. The highest BCUT2D eigenvalue weighted by Gasteiger charge is 2.24. The van der Waals surface area contributed by atoms with E-state index in [4.69, 9.17) is 15.9 Å². The summed E-state index contributed by atoms with van der Waals surface area (Å²) < 4.78 is 0. The smallest absolute Gasteiger partial charge is 0.326 e. The second-order valence-electron chi connectivity index (χ2n) is 8.71. The first-order chi connectivity index (χ1) is 19.4. The Bertz CT molecular complexity index is 1520. The molecule has 17 nitrogen and oxygen atoms in total. The number of carboxylic acids is 3. The number of aromatic amines is 1. The molecule has 0 bridgehead atoms. The third kappa shape index (κ3) is 8.70. The summed E-state index contributed by atoms with van der Waals surface area (Å²) in [6.45, 7) is 0.181. The summed E-state index contributed by atoms with van der Waals surface area (Å²) in [6.07, 6.45) is -0.165. The van der Waals surface area contributed by atoms with Crippen molar-refractivity contribution in [3.05, 3.63) is 52.1 Å². The van der Waals surface area contributed by atoms with Crippen molar-refractivity contribution < 1.29 is 39.3 Å². The van der Waals surface area contributed by atoms with Gasteiger partial charge in [0.15, 0.2) is 11.2 Å². The summed E-state index contributed by atoms with van der Waals surface area (Å²) in [5.41, 5.74) is 6.23. The standard InChI is InChI=1S/C24H26N8O9/c25-24-31-19-18(21(37)32-24)28-13(10-27-19)9-26-12-3-1-11(2-4-12)20(36)30-15(23(40)41)5-7-16(33)29-14(22(38)39)6-8-17(34)35/h1-4,10,14-15,26H,5-9H2,(H,29,33)(H,30,36)(H,34,35)(H,38,39)(H,40,41)(H3,25,27,31,32,37). The zero-order valence-electron chi connectivity index (χ0n) is 21.3. The number of amides is 2. The molecule has 3 rings (SSSR count). The number of H-pyrrole nitrogens is 1. The van der Waals surface area contributed by atoms with Crippen LogP contribution in [0.1, 0.15) is 41.7 Å². The fourth-order valence-corrected chi connectivity index (χ4v) is 3.55. The third-order valence-electron chi connectivity index (χ3n) is 5.65. The number of aromatic nitrogens is 4. The average Bonchev–Trinajstić information content (AvgIpc) is 2.91. The van der Waals surface area contributed by atoms with Crippen LogP contribution < -0.4 is 27.2 Å². The fraction of sp³-hybridized carbons (Fsp3) is 0.292. The maximum Gasteiger partial charge on any atom is 0.326 e. The highest BCUT2D eigenvalue weighted by atomic mass is 16.4. The van der Waals surface area contributed by atoms with Crippen LogP contribution >= 0.6 is 0 Å². The first-order valence-corrected chi connectivity index (χ1v) is 12.1. The number of fused-ring (bicyclic) bond motifs is 1. The molecular weight excluding hydrogens is 544 g/mol. The maximum atomic E-state index is 12.6. The van der Waals surface area contributed by atoms with E-state index in [1.165, 1.54) is 18.3 Å². The average molecular weight is 571 g/mol. The Labute approximate surface area is 230 Å². The number of benzene rings is 1. The number of hydrogen-bond acceptors (Lipinski definition) is 11. The zero-order chi connectivity index (χ0) is 30.1. The van der Waals surface area contributed by atoms with E-state index in [0.717, 1.165) is 0 Å². The van der Waals surface area contributed by atoms with Crippen LogP contribution in [0.25, 0.3) is 11.2 Å². The zero-order valence-corrected chi connectivity index (χ0v) is 21.3. The highest BCUT2D eigenvalue weighted by molar-refractivity contribution is 5.97. The second-order valence-corrected chi connectivity index (χ2v) is 8.71. The Morgan fingerprint density at radius 1 is 0.902 bits per heavy atom. The molecule has 9 N–H and O–H groups in total. The normalized spacial score (nSPS) is 12.2. The van der Waals surface area contributed by atoms with E-state index < -0.39 is 60.2 Å². The Morgan fingerprint density at radius 3 is 2.17 bits per heavy atom. The van der Waals surface area contributed by atoms with Crippen molar-refractivity contribution in [1.29, 1.82) is 0 Å². The van der Waals surface area contributed by atoms with Crippen LogP contribution in [0.4, 0.5) is 11.6 Å². The summed E-state index contributed by atoms with van der Waals surface area (Å²) in [7, 11) is 0. The van der Waals surface area contributed by atoms with Crippen molar-refractivity contribution in [3.8, 4) is 0 Å². The molecule has 17 heteroatoms. The number of nitrogens with one attached hydrogen (secondary N) is 4. The highest BCUT2D eigenvalue weighted by Crippen LogP contribution is 2.12. The van der Waals surface area contributed by atoms with Gasteiger partial charge in [0.2, 0.25) is 11.9 Å². The number of carboxylic acid groups (broad SMARTS) is 3. The lowest BCUT2D eigenvalue weighted by atomic mass is 10.1. The first kappa shape index (κ1) is 29.9. The monoisotopic (exact) mass is 570 g/mol. The summed E-state index contributed by atoms with van der Waals surface area (Å²) >= 11 is 0. The number of nitrogens with two attached hydrogens (primary N) is 1. The van der Waals surface area contributed by atoms with E-state index >= 15 is 0 Å². The number of rotatable bonds is 14. The molecule has 216 valence electrons. The third-order valence-corrected chi connectivity index (χ3v) is 5.65. The Balaban J connectivity index is 1.54. The van der Waals surface area contributed by atoms with Gasteiger partial charge in [-0.3, -0.25) is 24.2 Å². The van der Waals surface area contributed by atoms with Gasteiger partial charge in [-0.1, -0.05) is 0 Å². The SMILES string of the molecule is Nc1nc2ncc(CNc3ccc(C(=O)NC(CCC(=O)NC(CCC(=O)O)C(=O)O)C(=O)O)cc3)nc2c(=O)[nH]1. The lowest BCUT2D eigenvalue weighted by Crippen LogP contribution is -2.44. The van der Waals surface area contributed by atoms with Crippen LogP contribution in [-0.4, -0.2) is 77.1 Å². The van der Waals surface area contributed by atoms with E-state index in [-0.39, 0.29) is 42.1 Å². The van der Waals surface area contributed by atoms with Gasteiger partial charge < -0.3 is 37.0 Å². The van der Waals surface area contributed by atoms with Crippen molar-refractivity contribution in [1.82, 2.24) is 30.6 Å². The van der Waals surface area contributed by atoms with Gasteiger partial charge in [-0.05, 0) is 37.1 Å². The van der Waals surface area contributed by atoms with Gasteiger partial charge in [-0.25, -0.2) is 19.6 Å². The minimum atomic E-state index is -1.45. The van der Waals surface area contributed by atoms with Crippen LogP contribution in [0.2, 0.25) is 0 Å². The number of aliphatic carboxylic acids is 3. The number of anilines is 2. The summed E-state index contributed by atoms with van der Waals surface area (Å²) in [4.78, 5) is 84.7. The van der Waals surface area contributed by atoms with Gasteiger partial charge in [0.05, 0.1) is 18.4 Å². The molecular formula is C24H26N8O9. The largest absolute Gasteiger partial charge is 0.481 e. The Hall–Kier alpha value is -5.61. The van der Waals surface area contributed by atoms with Crippen LogP contribution in [0.5, 0.6) is 0 Å². The van der Waals surface area contributed by atoms with Gasteiger partial charge >= 0.3 is 17.9 Å². The van der Waals surface area contributed by atoms with E-state index in [0.29, 0.717) is 11.4 Å². The van der Waals surface area contributed by atoms with Crippen molar-refractivity contribution in [2.45, 2.75) is 44.3 Å². The molecule has 2 amide bonds. The van der Waals surface area contributed by atoms with Crippen LogP contribution in [-0.2, 0) is 25.7 Å². The van der Waals surface area contributed by atoms with Crippen molar-refractivity contribution in [2.24, 2.45) is 0 Å². The second kappa shape index (κ2) is 13.5. The van der Waals surface area contributed by atoms with Crippen LogP contribution in [0, 0.1) is 0 Å². The number of carbonyl (C=O) groups is 5. The van der Waals surface area contributed by atoms with Crippen LogP contribution in [0.15, 0.2) is 35.3 Å². The van der Waals surface area contributed by atoms with E-state index in [1.807, 2.05) is 0 Å². The molecule has 2 atom stereocenters. The molecule has 0 aliphatic carbocycles.